The summed E-state index contributed by atoms with van der Waals surface area (Å²) in [6.07, 6.45) is 6.37. The molecule has 1 nitrogen and oxygen atoms in total. The van der Waals surface area contributed by atoms with Gasteiger partial charge in [-0.25, -0.2) is 4.39 Å². The normalized spacial score (nSPS) is 34.2. The molecule has 3 rings (SSSR count). The Morgan fingerprint density at radius 1 is 1.16 bits per heavy atom. The van der Waals surface area contributed by atoms with Crippen molar-refractivity contribution in [1.29, 1.82) is 0 Å². The van der Waals surface area contributed by atoms with Gasteiger partial charge in [0.2, 0.25) is 0 Å². The molecule has 0 aromatic heterocycles. The molecule has 2 unspecified atom stereocenters. The van der Waals surface area contributed by atoms with Crippen molar-refractivity contribution in [3.8, 4) is 0 Å². The zero-order valence-corrected chi connectivity index (χ0v) is 11.7. The van der Waals surface area contributed by atoms with E-state index in [2.05, 4.69) is 12.2 Å². The van der Waals surface area contributed by atoms with Gasteiger partial charge in [-0.05, 0) is 61.6 Å². The molecular weight excluding hydrogens is 237 g/mol. The van der Waals surface area contributed by atoms with Gasteiger partial charge in [0, 0.05) is 6.04 Å². The number of nitrogens with one attached hydrogen (secondary N) is 1. The van der Waals surface area contributed by atoms with E-state index in [0.29, 0.717) is 12.0 Å². The molecule has 2 aliphatic carbocycles. The third-order valence-electron chi connectivity index (χ3n) is 4.98. The van der Waals surface area contributed by atoms with Crippen LogP contribution >= 0.6 is 0 Å². The fourth-order valence-corrected chi connectivity index (χ4v) is 3.69. The van der Waals surface area contributed by atoms with E-state index < -0.39 is 0 Å². The molecule has 2 saturated carbocycles. The summed E-state index contributed by atoms with van der Waals surface area (Å²) in [6, 6.07) is 7.85. The first-order chi connectivity index (χ1) is 9.22. The lowest BCUT2D eigenvalue weighted by Gasteiger charge is -2.37. The van der Waals surface area contributed by atoms with Gasteiger partial charge < -0.3 is 5.32 Å². The Labute approximate surface area is 115 Å². The van der Waals surface area contributed by atoms with Crippen LogP contribution in [-0.2, 0) is 0 Å². The summed E-state index contributed by atoms with van der Waals surface area (Å²) in [5.74, 6) is 2.19. The highest BCUT2D eigenvalue weighted by Crippen LogP contribution is 2.38. The molecule has 0 aliphatic heterocycles. The smallest absolute Gasteiger partial charge is 0.126 e. The second kappa shape index (κ2) is 5.62. The monoisotopic (exact) mass is 261 g/mol. The minimum Gasteiger partial charge on any atom is -0.314 e. The maximum Gasteiger partial charge on any atom is 0.126 e. The lowest BCUT2D eigenvalue weighted by molar-refractivity contribution is 0.270. The summed E-state index contributed by atoms with van der Waals surface area (Å²) < 4.78 is 13.6. The number of hydrogen-bond acceptors (Lipinski definition) is 1. The lowest BCUT2D eigenvalue weighted by Crippen LogP contribution is -2.42. The number of rotatable bonds is 4. The molecule has 0 amide bonds. The molecule has 1 N–H and O–H groups in total. The highest BCUT2D eigenvalue weighted by molar-refractivity contribution is 5.24. The van der Waals surface area contributed by atoms with Crippen molar-refractivity contribution in [3.63, 3.8) is 0 Å². The van der Waals surface area contributed by atoms with Gasteiger partial charge >= 0.3 is 0 Å². The maximum absolute atomic E-state index is 13.6. The highest BCUT2D eigenvalue weighted by atomic mass is 19.1. The summed E-state index contributed by atoms with van der Waals surface area (Å²) in [6.45, 7) is 3.52. The van der Waals surface area contributed by atoms with Gasteiger partial charge in [-0.2, -0.15) is 0 Å². The minimum atomic E-state index is -0.0319. The molecule has 1 aromatic carbocycles. The largest absolute Gasteiger partial charge is 0.314 e. The molecule has 104 valence electrons. The molecule has 19 heavy (non-hydrogen) atoms. The van der Waals surface area contributed by atoms with Crippen LogP contribution in [0.25, 0.3) is 0 Å². The lowest BCUT2D eigenvalue weighted by atomic mass is 9.75. The molecule has 0 radical (unpaired) electrons. The van der Waals surface area contributed by atoms with E-state index in [1.807, 2.05) is 12.1 Å². The van der Waals surface area contributed by atoms with E-state index in [4.69, 9.17) is 0 Å². The molecule has 1 aromatic rings. The number of halogens is 1. The molecule has 2 fully saturated rings. The Kier molecular flexibility index (Phi) is 3.88. The van der Waals surface area contributed by atoms with Crippen LogP contribution in [0, 0.1) is 17.7 Å². The molecule has 0 spiro atoms. The topological polar surface area (TPSA) is 12.0 Å². The molecular formula is C17H24FN. The van der Waals surface area contributed by atoms with Crippen LogP contribution in [0.4, 0.5) is 4.39 Å². The Morgan fingerprint density at radius 3 is 2.63 bits per heavy atom. The third-order valence-corrected chi connectivity index (χ3v) is 4.98. The molecule has 2 atom stereocenters. The van der Waals surface area contributed by atoms with Crippen molar-refractivity contribution < 1.29 is 4.39 Å². The second-order valence-corrected chi connectivity index (χ2v) is 6.58. The predicted octanol–water partition coefficient (Wildman–Crippen LogP) is 4.10. The zero-order chi connectivity index (χ0) is 13.2. The average molecular weight is 261 g/mol. The van der Waals surface area contributed by atoms with Crippen LogP contribution < -0.4 is 5.32 Å². The van der Waals surface area contributed by atoms with Crippen LogP contribution in [0.3, 0.4) is 0 Å². The Balaban J connectivity index is 1.42. The van der Waals surface area contributed by atoms with Crippen molar-refractivity contribution in [2.75, 3.05) is 6.54 Å². The Hall–Kier alpha value is -0.890. The van der Waals surface area contributed by atoms with Gasteiger partial charge in [0.15, 0.2) is 0 Å². The van der Waals surface area contributed by atoms with E-state index in [0.717, 1.165) is 30.2 Å². The summed E-state index contributed by atoms with van der Waals surface area (Å²) in [4.78, 5) is 0. The summed E-state index contributed by atoms with van der Waals surface area (Å²) in [7, 11) is 0. The standard InChI is InChI=1S/C17H24FN/c1-12-6-7-13(8-12)11-19-15-9-14(10-15)16-4-2-3-5-17(16)18/h2-5,12-15,19H,6-11H2,1H3. The fourth-order valence-electron chi connectivity index (χ4n) is 3.69. The van der Waals surface area contributed by atoms with Gasteiger partial charge in [-0.15, -0.1) is 0 Å². The first-order valence-corrected chi connectivity index (χ1v) is 7.70. The highest BCUT2D eigenvalue weighted by Gasteiger charge is 2.32. The predicted molar refractivity (Wildman–Crippen MR) is 76.7 cm³/mol. The Bertz CT molecular complexity index is 425. The van der Waals surface area contributed by atoms with Crippen LogP contribution in [0.5, 0.6) is 0 Å². The first kappa shape index (κ1) is 13.1. The maximum atomic E-state index is 13.6. The Morgan fingerprint density at radius 2 is 1.95 bits per heavy atom. The van der Waals surface area contributed by atoms with E-state index in [9.17, 15) is 4.39 Å². The fraction of sp³-hybridized carbons (Fsp3) is 0.647. The van der Waals surface area contributed by atoms with Crippen LogP contribution in [0.1, 0.15) is 50.5 Å². The number of benzene rings is 1. The number of hydrogen-bond donors (Lipinski definition) is 1. The van der Waals surface area contributed by atoms with Crippen molar-refractivity contribution >= 4 is 0 Å². The SMILES string of the molecule is CC1CCC(CNC2CC(c3ccccc3F)C2)C1. The summed E-state index contributed by atoms with van der Waals surface area (Å²) in [5, 5.41) is 3.68. The molecule has 2 heteroatoms. The van der Waals surface area contributed by atoms with Crippen LogP contribution in [0.2, 0.25) is 0 Å². The molecule has 2 aliphatic rings. The van der Waals surface area contributed by atoms with Crippen molar-refractivity contribution in [3.05, 3.63) is 35.6 Å². The van der Waals surface area contributed by atoms with E-state index in [-0.39, 0.29) is 5.82 Å². The summed E-state index contributed by atoms with van der Waals surface area (Å²) >= 11 is 0. The minimum absolute atomic E-state index is 0.0319. The second-order valence-electron chi connectivity index (χ2n) is 6.58. The average Bonchev–Trinajstić information content (AvgIpc) is 2.75. The van der Waals surface area contributed by atoms with Gasteiger partial charge in [0.1, 0.15) is 5.82 Å². The molecule has 0 saturated heterocycles. The quantitative estimate of drug-likeness (QED) is 0.860. The van der Waals surface area contributed by atoms with Crippen molar-refractivity contribution in [2.24, 2.45) is 11.8 Å². The van der Waals surface area contributed by atoms with Crippen LogP contribution in [-0.4, -0.2) is 12.6 Å². The van der Waals surface area contributed by atoms with Gasteiger partial charge in [-0.1, -0.05) is 31.5 Å². The van der Waals surface area contributed by atoms with E-state index in [1.54, 1.807) is 12.1 Å². The molecule has 0 heterocycles. The van der Waals surface area contributed by atoms with Crippen molar-refractivity contribution in [1.82, 2.24) is 5.32 Å². The van der Waals surface area contributed by atoms with Gasteiger partial charge in [0.05, 0.1) is 0 Å². The summed E-state index contributed by atoms with van der Waals surface area (Å²) in [5.41, 5.74) is 0.912. The first-order valence-electron chi connectivity index (χ1n) is 7.70. The van der Waals surface area contributed by atoms with Crippen LogP contribution in [0.15, 0.2) is 24.3 Å². The van der Waals surface area contributed by atoms with Crippen molar-refractivity contribution in [2.45, 2.75) is 51.0 Å². The van der Waals surface area contributed by atoms with Gasteiger partial charge in [0.25, 0.3) is 0 Å². The molecule has 0 bridgehead atoms. The van der Waals surface area contributed by atoms with Gasteiger partial charge in [-0.3, -0.25) is 0 Å². The third kappa shape index (κ3) is 3.00. The zero-order valence-electron chi connectivity index (χ0n) is 11.7. The van der Waals surface area contributed by atoms with E-state index >= 15 is 0 Å². The van der Waals surface area contributed by atoms with E-state index in [1.165, 1.54) is 25.8 Å².